The minimum absolute atomic E-state index is 0.112. The highest BCUT2D eigenvalue weighted by molar-refractivity contribution is 9.10. The van der Waals surface area contributed by atoms with Crippen LogP contribution in [0, 0.1) is 11.7 Å². The quantitative estimate of drug-likeness (QED) is 0.749. The zero-order valence-corrected chi connectivity index (χ0v) is 12.3. The van der Waals surface area contributed by atoms with Crippen molar-refractivity contribution in [3.05, 3.63) is 34.1 Å². The Morgan fingerprint density at radius 2 is 2.21 bits per heavy atom. The molecule has 19 heavy (non-hydrogen) atoms. The molecule has 2 amide bonds. The summed E-state index contributed by atoms with van der Waals surface area (Å²) in [6, 6.07) is 4.03. The van der Waals surface area contributed by atoms with Gasteiger partial charge < -0.3 is 15.7 Å². The number of hydrogen-bond acceptors (Lipinski definition) is 2. The predicted octanol–water partition coefficient (Wildman–Crippen LogP) is 2.41. The maximum Gasteiger partial charge on any atom is 0.315 e. The normalized spacial score (nSPS) is 12.0. The zero-order valence-electron chi connectivity index (χ0n) is 10.7. The minimum Gasteiger partial charge on any atom is -0.396 e. The molecule has 0 saturated heterocycles. The number of carbonyl (C=O) groups excluding carboxylic acids is 1. The predicted molar refractivity (Wildman–Crippen MR) is 75.2 cm³/mol. The molecule has 0 fully saturated rings. The molecule has 0 aromatic heterocycles. The monoisotopic (exact) mass is 332 g/mol. The summed E-state index contributed by atoms with van der Waals surface area (Å²) in [5, 5.41) is 14.1. The van der Waals surface area contributed by atoms with Gasteiger partial charge in [0.05, 0.1) is 0 Å². The van der Waals surface area contributed by atoms with Gasteiger partial charge in [0.15, 0.2) is 0 Å². The van der Waals surface area contributed by atoms with Gasteiger partial charge in [-0.2, -0.15) is 0 Å². The second kappa shape index (κ2) is 8.12. The third kappa shape index (κ3) is 6.02. The molecular formula is C13H18BrFN2O2. The standard InChI is InChI=1S/C13H18BrFN2O2/c1-9(4-5-18)7-16-13(19)17-8-10-6-11(15)2-3-12(10)14/h2-3,6,9,18H,4-5,7-8H2,1H3,(H2,16,17,19). The maximum atomic E-state index is 13.0. The topological polar surface area (TPSA) is 61.4 Å². The Kier molecular flexibility index (Phi) is 6.80. The number of amides is 2. The summed E-state index contributed by atoms with van der Waals surface area (Å²) < 4.78 is 13.8. The molecule has 6 heteroatoms. The van der Waals surface area contributed by atoms with E-state index in [2.05, 4.69) is 26.6 Å². The van der Waals surface area contributed by atoms with Crippen molar-refractivity contribution < 1.29 is 14.3 Å². The van der Waals surface area contributed by atoms with Crippen molar-refractivity contribution in [3.63, 3.8) is 0 Å². The Bertz CT molecular complexity index is 429. The zero-order chi connectivity index (χ0) is 14.3. The molecule has 1 aromatic rings. The van der Waals surface area contributed by atoms with Crippen LogP contribution in [0.5, 0.6) is 0 Å². The highest BCUT2D eigenvalue weighted by Gasteiger charge is 2.06. The van der Waals surface area contributed by atoms with Gasteiger partial charge in [-0.1, -0.05) is 22.9 Å². The Hall–Kier alpha value is -1.14. The molecule has 0 radical (unpaired) electrons. The highest BCUT2D eigenvalue weighted by Crippen LogP contribution is 2.17. The number of halogens is 2. The first-order valence-corrected chi connectivity index (χ1v) is 6.88. The molecule has 106 valence electrons. The summed E-state index contributed by atoms with van der Waals surface area (Å²) >= 11 is 3.30. The molecule has 0 saturated carbocycles. The fraction of sp³-hybridized carbons (Fsp3) is 0.462. The van der Waals surface area contributed by atoms with Crippen LogP contribution in [0.2, 0.25) is 0 Å². The fourth-order valence-corrected chi connectivity index (χ4v) is 1.89. The average Bonchev–Trinajstić information content (AvgIpc) is 2.38. The Balaban J connectivity index is 2.35. The van der Waals surface area contributed by atoms with E-state index in [9.17, 15) is 9.18 Å². The maximum absolute atomic E-state index is 13.0. The molecule has 1 aromatic carbocycles. The van der Waals surface area contributed by atoms with Gasteiger partial charge in [-0.3, -0.25) is 0 Å². The number of hydrogen-bond donors (Lipinski definition) is 3. The first-order chi connectivity index (χ1) is 9.02. The van der Waals surface area contributed by atoms with E-state index in [1.807, 2.05) is 6.92 Å². The second-order valence-corrected chi connectivity index (χ2v) is 5.27. The second-order valence-electron chi connectivity index (χ2n) is 4.42. The van der Waals surface area contributed by atoms with Gasteiger partial charge in [-0.25, -0.2) is 9.18 Å². The van der Waals surface area contributed by atoms with Crippen LogP contribution >= 0.6 is 15.9 Å². The first-order valence-electron chi connectivity index (χ1n) is 6.09. The SMILES string of the molecule is CC(CCO)CNC(=O)NCc1cc(F)ccc1Br. The lowest BCUT2D eigenvalue weighted by molar-refractivity contribution is 0.233. The fourth-order valence-electron chi connectivity index (χ4n) is 1.51. The molecule has 0 aliphatic rings. The van der Waals surface area contributed by atoms with E-state index < -0.39 is 0 Å². The van der Waals surface area contributed by atoms with Gasteiger partial charge >= 0.3 is 6.03 Å². The number of aliphatic hydroxyl groups excluding tert-OH is 1. The smallest absolute Gasteiger partial charge is 0.315 e. The van der Waals surface area contributed by atoms with Crippen LogP contribution in [0.3, 0.4) is 0 Å². The third-order valence-corrected chi connectivity index (χ3v) is 3.45. The van der Waals surface area contributed by atoms with E-state index in [4.69, 9.17) is 5.11 Å². The largest absolute Gasteiger partial charge is 0.396 e. The van der Waals surface area contributed by atoms with E-state index in [0.29, 0.717) is 18.5 Å². The minimum atomic E-state index is -0.336. The molecule has 1 unspecified atom stereocenters. The molecule has 0 bridgehead atoms. The van der Waals surface area contributed by atoms with Gasteiger partial charge in [0.1, 0.15) is 5.82 Å². The number of urea groups is 1. The Labute approximate surface area is 120 Å². The lowest BCUT2D eigenvalue weighted by Gasteiger charge is -2.12. The summed E-state index contributed by atoms with van der Waals surface area (Å²) in [6.07, 6.45) is 0.649. The van der Waals surface area contributed by atoms with Gasteiger partial charge in [0.25, 0.3) is 0 Å². The van der Waals surface area contributed by atoms with Crippen molar-refractivity contribution in [2.75, 3.05) is 13.2 Å². The highest BCUT2D eigenvalue weighted by atomic mass is 79.9. The van der Waals surface area contributed by atoms with E-state index >= 15 is 0 Å². The van der Waals surface area contributed by atoms with Crippen LogP contribution in [-0.4, -0.2) is 24.3 Å². The van der Waals surface area contributed by atoms with E-state index in [1.54, 1.807) is 6.07 Å². The van der Waals surface area contributed by atoms with E-state index in [0.717, 1.165) is 4.47 Å². The van der Waals surface area contributed by atoms with E-state index in [1.165, 1.54) is 12.1 Å². The van der Waals surface area contributed by atoms with Crippen molar-refractivity contribution in [1.82, 2.24) is 10.6 Å². The van der Waals surface area contributed by atoms with Crippen molar-refractivity contribution in [1.29, 1.82) is 0 Å². The third-order valence-electron chi connectivity index (χ3n) is 2.68. The summed E-state index contributed by atoms with van der Waals surface area (Å²) in [5.74, 6) is -0.117. The van der Waals surface area contributed by atoms with Crippen molar-refractivity contribution in [2.24, 2.45) is 5.92 Å². The Morgan fingerprint density at radius 1 is 1.47 bits per heavy atom. The molecule has 4 nitrogen and oxygen atoms in total. The molecule has 0 spiro atoms. The van der Waals surface area contributed by atoms with Crippen LogP contribution in [-0.2, 0) is 6.54 Å². The van der Waals surface area contributed by atoms with Gasteiger partial charge in [-0.05, 0) is 36.1 Å². The summed E-state index contributed by atoms with van der Waals surface area (Å²) in [5.41, 5.74) is 0.679. The molecule has 3 N–H and O–H groups in total. The molecule has 1 rings (SSSR count). The van der Waals surface area contributed by atoms with Crippen molar-refractivity contribution in [3.8, 4) is 0 Å². The molecule has 0 aliphatic carbocycles. The lowest BCUT2D eigenvalue weighted by atomic mass is 10.1. The number of aliphatic hydroxyl groups is 1. The van der Waals surface area contributed by atoms with Crippen molar-refractivity contribution in [2.45, 2.75) is 19.9 Å². The van der Waals surface area contributed by atoms with Crippen LogP contribution in [0.15, 0.2) is 22.7 Å². The van der Waals surface area contributed by atoms with E-state index in [-0.39, 0.29) is 30.9 Å². The molecule has 0 aliphatic heterocycles. The van der Waals surface area contributed by atoms with Crippen LogP contribution in [0.25, 0.3) is 0 Å². The number of benzene rings is 1. The number of rotatable bonds is 6. The van der Waals surface area contributed by atoms with Crippen LogP contribution < -0.4 is 10.6 Å². The molecule has 1 atom stereocenters. The van der Waals surface area contributed by atoms with Crippen molar-refractivity contribution >= 4 is 22.0 Å². The van der Waals surface area contributed by atoms with Gasteiger partial charge in [0.2, 0.25) is 0 Å². The Morgan fingerprint density at radius 3 is 2.89 bits per heavy atom. The summed E-state index contributed by atoms with van der Waals surface area (Å²) in [7, 11) is 0. The lowest BCUT2D eigenvalue weighted by Crippen LogP contribution is -2.37. The van der Waals surface area contributed by atoms with Gasteiger partial charge in [0, 0.05) is 24.2 Å². The van der Waals surface area contributed by atoms with Crippen LogP contribution in [0.1, 0.15) is 18.9 Å². The number of nitrogens with one attached hydrogen (secondary N) is 2. The first kappa shape index (κ1) is 15.9. The van der Waals surface area contributed by atoms with Crippen LogP contribution in [0.4, 0.5) is 9.18 Å². The molecular weight excluding hydrogens is 315 g/mol. The van der Waals surface area contributed by atoms with Gasteiger partial charge in [-0.15, -0.1) is 0 Å². The summed E-state index contributed by atoms with van der Waals surface area (Å²) in [6.45, 7) is 2.80. The number of carbonyl (C=O) groups is 1. The average molecular weight is 333 g/mol. The molecule has 0 heterocycles. The summed E-state index contributed by atoms with van der Waals surface area (Å²) in [4.78, 5) is 11.5.